The highest BCUT2D eigenvalue weighted by molar-refractivity contribution is 9.10. The summed E-state index contributed by atoms with van der Waals surface area (Å²) >= 11 is 3.61. The van der Waals surface area contributed by atoms with Gasteiger partial charge in [0.15, 0.2) is 0 Å². The monoisotopic (exact) mass is 356 g/mol. The van der Waals surface area contributed by atoms with Crippen LogP contribution in [0, 0.1) is 0 Å². The van der Waals surface area contributed by atoms with Gasteiger partial charge in [-0.25, -0.2) is 0 Å². The molecule has 22 heavy (non-hydrogen) atoms. The summed E-state index contributed by atoms with van der Waals surface area (Å²) in [4.78, 5) is 7.02. The zero-order chi connectivity index (χ0) is 15.1. The Balaban J connectivity index is 1.82. The topological polar surface area (TPSA) is 34.0 Å². The van der Waals surface area contributed by atoms with Crippen LogP contribution in [-0.4, -0.2) is 21.3 Å². The predicted molar refractivity (Wildman–Crippen MR) is 92.0 cm³/mol. The third-order valence-electron chi connectivity index (χ3n) is 4.37. The maximum Gasteiger partial charge on any atom is 0.0864 e. The van der Waals surface area contributed by atoms with Crippen molar-refractivity contribution >= 4 is 32.5 Å². The van der Waals surface area contributed by atoms with Crippen LogP contribution in [0.5, 0.6) is 0 Å². The summed E-state index contributed by atoms with van der Waals surface area (Å²) in [5.41, 5.74) is 3.58. The van der Waals surface area contributed by atoms with Crippen molar-refractivity contribution < 1.29 is 0 Å². The zero-order valence-electron chi connectivity index (χ0n) is 12.4. The highest BCUT2D eigenvalue weighted by Crippen LogP contribution is 2.39. The molecular weight excluding hydrogens is 340 g/mol. The minimum atomic E-state index is 0.401. The van der Waals surface area contributed by atoms with Gasteiger partial charge in [0.2, 0.25) is 0 Å². The van der Waals surface area contributed by atoms with Crippen LogP contribution < -0.4 is 4.90 Å². The van der Waals surface area contributed by atoms with Crippen LogP contribution in [-0.2, 0) is 7.05 Å². The van der Waals surface area contributed by atoms with Crippen molar-refractivity contribution in [2.24, 2.45) is 7.05 Å². The fourth-order valence-corrected chi connectivity index (χ4v) is 3.86. The average molecular weight is 357 g/mol. The molecule has 4 nitrogen and oxygen atoms in total. The molecule has 1 unspecified atom stereocenters. The van der Waals surface area contributed by atoms with Crippen molar-refractivity contribution in [1.29, 1.82) is 0 Å². The van der Waals surface area contributed by atoms with Crippen molar-refractivity contribution in [1.82, 2.24) is 14.8 Å². The number of benzene rings is 1. The molecule has 112 valence electrons. The van der Waals surface area contributed by atoms with E-state index < -0.39 is 0 Å². The van der Waals surface area contributed by atoms with E-state index in [1.807, 2.05) is 30.2 Å². The van der Waals surface area contributed by atoms with Gasteiger partial charge in [-0.2, -0.15) is 5.10 Å². The Morgan fingerprint density at radius 1 is 1.27 bits per heavy atom. The van der Waals surface area contributed by atoms with Gasteiger partial charge in [-0.05, 0) is 40.9 Å². The quantitative estimate of drug-likeness (QED) is 0.693. The molecule has 1 aliphatic heterocycles. The molecule has 3 heterocycles. The Morgan fingerprint density at radius 2 is 2.18 bits per heavy atom. The van der Waals surface area contributed by atoms with Gasteiger partial charge in [0.25, 0.3) is 0 Å². The third kappa shape index (κ3) is 2.20. The molecule has 0 amide bonds. The van der Waals surface area contributed by atoms with E-state index >= 15 is 0 Å². The molecule has 0 radical (unpaired) electrons. The Morgan fingerprint density at radius 3 is 3.00 bits per heavy atom. The van der Waals surface area contributed by atoms with Gasteiger partial charge >= 0.3 is 0 Å². The predicted octanol–water partition coefficient (Wildman–Crippen LogP) is 4.07. The first-order valence-electron chi connectivity index (χ1n) is 7.52. The van der Waals surface area contributed by atoms with E-state index in [0.29, 0.717) is 6.04 Å². The van der Waals surface area contributed by atoms with E-state index in [0.717, 1.165) is 16.5 Å². The average Bonchev–Trinajstić information content (AvgIpc) is 3.15. The molecule has 3 aromatic rings. The molecule has 4 rings (SSSR count). The summed E-state index contributed by atoms with van der Waals surface area (Å²) in [6.07, 6.45) is 8.40. The summed E-state index contributed by atoms with van der Waals surface area (Å²) < 4.78 is 2.93. The molecule has 2 aromatic heterocycles. The number of aryl methyl sites for hydroxylation is 1. The fraction of sp³-hybridized carbons (Fsp3) is 0.294. The lowest BCUT2D eigenvalue weighted by Gasteiger charge is -2.27. The number of hydrogen-bond acceptors (Lipinski definition) is 3. The number of hydrogen-bond donors (Lipinski definition) is 0. The smallest absolute Gasteiger partial charge is 0.0864 e. The fourth-order valence-electron chi connectivity index (χ4n) is 3.39. The summed E-state index contributed by atoms with van der Waals surface area (Å²) in [5, 5.41) is 5.54. The second kappa shape index (κ2) is 5.39. The van der Waals surface area contributed by atoms with Crippen LogP contribution in [0.4, 0.5) is 5.69 Å². The van der Waals surface area contributed by atoms with Crippen LogP contribution in [0.25, 0.3) is 10.9 Å². The van der Waals surface area contributed by atoms with E-state index in [2.05, 4.69) is 55.3 Å². The summed E-state index contributed by atoms with van der Waals surface area (Å²) in [5.74, 6) is 0. The van der Waals surface area contributed by atoms with Crippen molar-refractivity contribution in [2.45, 2.75) is 18.9 Å². The normalized spacial score (nSPS) is 18.3. The van der Waals surface area contributed by atoms with Gasteiger partial charge in [0.1, 0.15) is 0 Å². The SMILES string of the molecule is Cn1cc(C2CCCN2c2ccnc3c(Br)cccc23)cn1. The summed E-state index contributed by atoms with van der Waals surface area (Å²) in [6, 6.07) is 8.80. The highest BCUT2D eigenvalue weighted by atomic mass is 79.9. The molecule has 5 heteroatoms. The first-order valence-corrected chi connectivity index (χ1v) is 8.32. The summed E-state index contributed by atoms with van der Waals surface area (Å²) in [6.45, 7) is 1.07. The second-order valence-corrected chi connectivity index (χ2v) is 6.62. The van der Waals surface area contributed by atoms with Crippen LogP contribution in [0.15, 0.2) is 47.3 Å². The number of halogens is 1. The second-order valence-electron chi connectivity index (χ2n) is 5.76. The number of anilines is 1. The van der Waals surface area contributed by atoms with E-state index in [1.165, 1.54) is 29.5 Å². The zero-order valence-corrected chi connectivity index (χ0v) is 14.0. The molecule has 1 fully saturated rings. The Bertz CT molecular complexity index is 826. The van der Waals surface area contributed by atoms with E-state index in [-0.39, 0.29) is 0 Å². The molecule has 1 aliphatic rings. The highest BCUT2D eigenvalue weighted by Gasteiger charge is 2.28. The lowest BCUT2D eigenvalue weighted by molar-refractivity contribution is 0.716. The van der Waals surface area contributed by atoms with Gasteiger partial charge in [-0.1, -0.05) is 12.1 Å². The number of nitrogens with zero attached hydrogens (tertiary/aromatic N) is 4. The molecule has 0 spiro atoms. The number of rotatable bonds is 2. The first-order chi connectivity index (χ1) is 10.7. The van der Waals surface area contributed by atoms with Crippen molar-refractivity contribution in [3.8, 4) is 0 Å². The third-order valence-corrected chi connectivity index (χ3v) is 5.01. The molecule has 0 aliphatic carbocycles. The van der Waals surface area contributed by atoms with E-state index in [4.69, 9.17) is 0 Å². The van der Waals surface area contributed by atoms with Crippen molar-refractivity contribution in [3.05, 3.63) is 52.9 Å². The van der Waals surface area contributed by atoms with Crippen LogP contribution >= 0.6 is 15.9 Å². The molecule has 0 N–H and O–H groups in total. The van der Waals surface area contributed by atoms with Gasteiger partial charge < -0.3 is 4.90 Å². The van der Waals surface area contributed by atoms with Crippen LogP contribution in [0.3, 0.4) is 0 Å². The number of aromatic nitrogens is 3. The summed E-state index contributed by atoms with van der Waals surface area (Å²) in [7, 11) is 1.97. The van der Waals surface area contributed by atoms with Crippen molar-refractivity contribution in [2.75, 3.05) is 11.4 Å². The minimum absolute atomic E-state index is 0.401. The Hall–Kier alpha value is -1.88. The van der Waals surface area contributed by atoms with Gasteiger partial charge in [0, 0.05) is 47.1 Å². The van der Waals surface area contributed by atoms with Crippen LogP contribution in [0.1, 0.15) is 24.4 Å². The molecule has 1 atom stereocenters. The lowest BCUT2D eigenvalue weighted by atomic mass is 10.1. The molecule has 0 saturated carbocycles. The molecule has 1 aromatic carbocycles. The minimum Gasteiger partial charge on any atom is -0.364 e. The standard InChI is InChI=1S/C17H17BrN4/c1-21-11-12(10-20-21)15-6-3-9-22(15)16-7-8-19-17-13(16)4-2-5-14(17)18/h2,4-5,7-8,10-11,15H,3,6,9H2,1H3. The maximum atomic E-state index is 4.52. The maximum absolute atomic E-state index is 4.52. The Kier molecular flexibility index (Phi) is 3.37. The van der Waals surface area contributed by atoms with Crippen LogP contribution in [0.2, 0.25) is 0 Å². The Labute approximate surface area is 137 Å². The largest absolute Gasteiger partial charge is 0.364 e. The van der Waals surface area contributed by atoms with E-state index in [9.17, 15) is 0 Å². The van der Waals surface area contributed by atoms with Crippen molar-refractivity contribution in [3.63, 3.8) is 0 Å². The number of fused-ring (bicyclic) bond motifs is 1. The van der Waals surface area contributed by atoms with Gasteiger partial charge in [-0.3, -0.25) is 9.67 Å². The molecule has 0 bridgehead atoms. The molecule has 1 saturated heterocycles. The molecular formula is C17H17BrN4. The van der Waals surface area contributed by atoms with Gasteiger partial charge in [0.05, 0.1) is 17.8 Å². The first kappa shape index (κ1) is 13.8. The number of pyridine rings is 1. The van der Waals surface area contributed by atoms with Gasteiger partial charge in [-0.15, -0.1) is 0 Å². The number of para-hydroxylation sites is 1. The lowest BCUT2D eigenvalue weighted by Crippen LogP contribution is -2.22. The van der Waals surface area contributed by atoms with E-state index in [1.54, 1.807) is 0 Å².